The second kappa shape index (κ2) is 9.00. The number of carboxylic acids is 1. The predicted molar refractivity (Wildman–Crippen MR) is 80.6 cm³/mol. The predicted octanol–water partition coefficient (Wildman–Crippen LogP) is 2.85. The van der Waals surface area contributed by atoms with E-state index in [4.69, 9.17) is 9.84 Å². The van der Waals surface area contributed by atoms with Crippen LogP contribution in [-0.2, 0) is 4.79 Å². The molecule has 0 aliphatic heterocycles. The summed E-state index contributed by atoms with van der Waals surface area (Å²) in [7, 11) is 0. The van der Waals surface area contributed by atoms with Crippen molar-refractivity contribution in [3.8, 4) is 5.75 Å². The Balaban J connectivity index is 2.33. The summed E-state index contributed by atoms with van der Waals surface area (Å²) in [6.45, 7) is 4.42. The molecule has 0 aliphatic rings. The molecule has 1 amide bonds. The molecule has 0 atom stereocenters. The third kappa shape index (κ3) is 7.34. The van der Waals surface area contributed by atoms with E-state index in [1.165, 1.54) is 0 Å². The van der Waals surface area contributed by atoms with Crippen molar-refractivity contribution >= 4 is 11.9 Å². The van der Waals surface area contributed by atoms with Crippen molar-refractivity contribution in [1.82, 2.24) is 5.32 Å². The minimum Gasteiger partial charge on any atom is -0.491 e. The van der Waals surface area contributed by atoms with E-state index >= 15 is 0 Å². The van der Waals surface area contributed by atoms with Crippen LogP contribution in [0.3, 0.4) is 0 Å². The van der Waals surface area contributed by atoms with E-state index in [1.54, 1.807) is 18.2 Å². The lowest BCUT2D eigenvalue weighted by Crippen LogP contribution is -2.24. The van der Waals surface area contributed by atoms with Gasteiger partial charge in [-0.25, -0.2) is 0 Å². The molecular weight excluding hydrogens is 270 g/mol. The molecule has 0 unspecified atom stereocenters. The maximum atomic E-state index is 12.0. The lowest BCUT2D eigenvalue weighted by molar-refractivity contribution is -0.137. The molecule has 1 rings (SSSR count). The second-order valence-corrected chi connectivity index (χ2v) is 5.15. The number of unbranched alkanes of at least 4 members (excludes halogenated alkanes) is 2. The molecule has 21 heavy (non-hydrogen) atoms. The van der Waals surface area contributed by atoms with Crippen LogP contribution in [0.15, 0.2) is 24.3 Å². The van der Waals surface area contributed by atoms with Crippen LogP contribution in [0.2, 0.25) is 0 Å². The zero-order chi connectivity index (χ0) is 15.7. The molecule has 0 saturated heterocycles. The number of carbonyl (C=O) groups excluding carboxylic acids is 1. The zero-order valence-electron chi connectivity index (χ0n) is 12.6. The molecule has 0 fully saturated rings. The van der Waals surface area contributed by atoms with Crippen LogP contribution >= 0.6 is 0 Å². The Bertz CT molecular complexity index is 471. The second-order valence-electron chi connectivity index (χ2n) is 5.15. The van der Waals surface area contributed by atoms with Crippen LogP contribution in [0, 0.1) is 0 Å². The summed E-state index contributed by atoms with van der Waals surface area (Å²) in [6, 6.07) is 7.08. The summed E-state index contributed by atoms with van der Waals surface area (Å²) in [6.07, 6.45) is 2.47. The van der Waals surface area contributed by atoms with Crippen LogP contribution in [0.25, 0.3) is 0 Å². The fraction of sp³-hybridized carbons (Fsp3) is 0.500. The average molecular weight is 293 g/mol. The molecule has 0 spiro atoms. The quantitative estimate of drug-likeness (QED) is 0.686. The number of amides is 1. The molecule has 0 heterocycles. The van der Waals surface area contributed by atoms with E-state index < -0.39 is 5.97 Å². The van der Waals surface area contributed by atoms with Crippen molar-refractivity contribution in [3.05, 3.63) is 29.8 Å². The van der Waals surface area contributed by atoms with Gasteiger partial charge >= 0.3 is 5.97 Å². The highest BCUT2D eigenvalue weighted by molar-refractivity contribution is 5.94. The van der Waals surface area contributed by atoms with Gasteiger partial charge in [0.25, 0.3) is 5.91 Å². The monoisotopic (exact) mass is 293 g/mol. The molecule has 0 aromatic heterocycles. The lowest BCUT2D eigenvalue weighted by Gasteiger charge is -2.11. The van der Waals surface area contributed by atoms with Gasteiger partial charge in [0.2, 0.25) is 0 Å². The largest absolute Gasteiger partial charge is 0.491 e. The number of carbonyl (C=O) groups is 2. The Morgan fingerprint density at radius 2 is 2.00 bits per heavy atom. The molecule has 1 aromatic rings. The number of aliphatic carboxylic acids is 1. The first-order valence-corrected chi connectivity index (χ1v) is 7.25. The maximum absolute atomic E-state index is 12.0. The van der Waals surface area contributed by atoms with Gasteiger partial charge in [0, 0.05) is 18.5 Å². The molecule has 5 nitrogen and oxygen atoms in total. The summed E-state index contributed by atoms with van der Waals surface area (Å²) >= 11 is 0. The summed E-state index contributed by atoms with van der Waals surface area (Å²) in [5, 5.41) is 11.3. The van der Waals surface area contributed by atoms with Crippen molar-refractivity contribution in [3.63, 3.8) is 0 Å². The van der Waals surface area contributed by atoms with Gasteiger partial charge in [-0.2, -0.15) is 0 Å². The van der Waals surface area contributed by atoms with Gasteiger partial charge in [-0.3, -0.25) is 9.59 Å². The summed E-state index contributed by atoms with van der Waals surface area (Å²) in [5.74, 6) is -0.234. The SMILES string of the molecule is CC(C)Oc1cccc(C(=O)NCCCCCC(=O)O)c1. The first kappa shape index (κ1) is 17.0. The first-order chi connectivity index (χ1) is 9.99. The van der Waals surface area contributed by atoms with Gasteiger partial charge in [0.15, 0.2) is 0 Å². The molecule has 5 heteroatoms. The molecule has 1 aromatic carbocycles. The number of ether oxygens (including phenoxy) is 1. The highest BCUT2D eigenvalue weighted by Gasteiger charge is 2.07. The Hall–Kier alpha value is -2.04. The number of hydrogen-bond acceptors (Lipinski definition) is 3. The van der Waals surface area contributed by atoms with Gasteiger partial charge < -0.3 is 15.2 Å². The Morgan fingerprint density at radius 1 is 1.24 bits per heavy atom. The minimum atomic E-state index is -0.777. The van der Waals surface area contributed by atoms with Gasteiger partial charge in [-0.05, 0) is 44.9 Å². The molecule has 0 bridgehead atoms. The number of hydrogen-bond donors (Lipinski definition) is 2. The van der Waals surface area contributed by atoms with Gasteiger partial charge in [0.1, 0.15) is 5.75 Å². The van der Waals surface area contributed by atoms with Crippen molar-refractivity contribution in [2.24, 2.45) is 0 Å². The van der Waals surface area contributed by atoms with Gasteiger partial charge in [0.05, 0.1) is 6.10 Å². The maximum Gasteiger partial charge on any atom is 0.303 e. The van der Waals surface area contributed by atoms with Crippen LogP contribution in [0.1, 0.15) is 49.9 Å². The van der Waals surface area contributed by atoms with E-state index in [2.05, 4.69) is 5.32 Å². The normalized spacial score (nSPS) is 10.4. The van der Waals surface area contributed by atoms with E-state index in [9.17, 15) is 9.59 Å². The number of carboxylic acid groups (broad SMARTS) is 1. The van der Waals surface area contributed by atoms with Crippen molar-refractivity contribution in [2.45, 2.75) is 45.6 Å². The van der Waals surface area contributed by atoms with E-state index in [0.717, 1.165) is 12.8 Å². The molecule has 0 aliphatic carbocycles. The average Bonchev–Trinajstić information content (AvgIpc) is 2.41. The minimum absolute atomic E-state index is 0.0672. The van der Waals surface area contributed by atoms with Crippen LogP contribution in [0.5, 0.6) is 5.75 Å². The third-order valence-corrected chi connectivity index (χ3v) is 2.82. The number of nitrogens with one attached hydrogen (secondary N) is 1. The fourth-order valence-corrected chi connectivity index (χ4v) is 1.86. The summed E-state index contributed by atoms with van der Waals surface area (Å²) < 4.78 is 5.55. The standard InChI is InChI=1S/C16H23NO4/c1-12(2)21-14-8-6-7-13(11-14)16(20)17-10-5-3-4-9-15(18)19/h6-8,11-12H,3-5,9-10H2,1-2H3,(H,17,20)(H,18,19). The van der Waals surface area contributed by atoms with Crippen LogP contribution < -0.4 is 10.1 Å². The van der Waals surface area contributed by atoms with E-state index in [-0.39, 0.29) is 18.4 Å². The van der Waals surface area contributed by atoms with Crippen LogP contribution in [-0.4, -0.2) is 29.6 Å². The number of rotatable bonds is 9. The van der Waals surface area contributed by atoms with Crippen molar-refractivity contribution < 1.29 is 19.4 Å². The van der Waals surface area contributed by atoms with Gasteiger partial charge in [-0.15, -0.1) is 0 Å². The molecule has 0 radical (unpaired) electrons. The summed E-state index contributed by atoms with van der Waals surface area (Å²) in [5.41, 5.74) is 0.568. The topological polar surface area (TPSA) is 75.6 Å². The van der Waals surface area contributed by atoms with Crippen molar-refractivity contribution in [2.75, 3.05) is 6.54 Å². The van der Waals surface area contributed by atoms with Crippen LogP contribution in [0.4, 0.5) is 0 Å². The zero-order valence-corrected chi connectivity index (χ0v) is 12.6. The Morgan fingerprint density at radius 3 is 2.67 bits per heavy atom. The lowest BCUT2D eigenvalue weighted by atomic mass is 10.1. The Labute approximate surface area is 125 Å². The fourth-order valence-electron chi connectivity index (χ4n) is 1.86. The molecule has 0 saturated carbocycles. The molecule has 116 valence electrons. The highest BCUT2D eigenvalue weighted by Crippen LogP contribution is 2.14. The molecule has 2 N–H and O–H groups in total. The first-order valence-electron chi connectivity index (χ1n) is 7.25. The third-order valence-electron chi connectivity index (χ3n) is 2.82. The van der Waals surface area contributed by atoms with E-state index in [1.807, 2.05) is 19.9 Å². The Kier molecular flexibility index (Phi) is 7.29. The van der Waals surface area contributed by atoms with Crippen molar-refractivity contribution in [1.29, 1.82) is 0 Å². The highest BCUT2D eigenvalue weighted by atomic mass is 16.5. The smallest absolute Gasteiger partial charge is 0.303 e. The van der Waals surface area contributed by atoms with E-state index in [0.29, 0.717) is 24.3 Å². The molecular formula is C16H23NO4. The van der Waals surface area contributed by atoms with Gasteiger partial charge in [-0.1, -0.05) is 12.5 Å². The number of benzene rings is 1. The summed E-state index contributed by atoms with van der Waals surface area (Å²) in [4.78, 5) is 22.3.